The van der Waals surface area contributed by atoms with Gasteiger partial charge in [-0.1, -0.05) is 36.4 Å². The number of ether oxygens (including phenoxy) is 1. The van der Waals surface area contributed by atoms with E-state index in [1.54, 1.807) is 29.2 Å². The maximum atomic E-state index is 14.0. The van der Waals surface area contributed by atoms with Crippen molar-refractivity contribution < 1.29 is 13.9 Å². The zero-order valence-corrected chi connectivity index (χ0v) is 17.0. The summed E-state index contributed by atoms with van der Waals surface area (Å²) < 4.78 is 19.6. The molecule has 1 amide bonds. The maximum absolute atomic E-state index is 14.0. The van der Waals surface area contributed by atoms with Gasteiger partial charge in [0.15, 0.2) is 6.61 Å². The first kappa shape index (κ1) is 20.4. The number of hydrogen-bond acceptors (Lipinski definition) is 4. The first-order valence-corrected chi connectivity index (χ1v) is 10.1. The Morgan fingerprint density at radius 2 is 1.52 bits per heavy atom. The van der Waals surface area contributed by atoms with Gasteiger partial charge in [-0.25, -0.2) is 4.39 Å². The van der Waals surface area contributed by atoms with Crippen LogP contribution in [0.2, 0.25) is 0 Å². The molecular formula is C25H22FN3O2. The lowest BCUT2D eigenvalue weighted by Gasteiger charge is -2.36. The molecule has 1 aliphatic heterocycles. The van der Waals surface area contributed by atoms with E-state index in [0.717, 1.165) is 11.1 Å². The van der Waals surface area contributed by atoms with Gasteiger partial charge in [0.05, 0.1) is 17.3 Å². The molecule has 0 unspecified atom stereocenters. The molecule has 0 aliphatic carbocycles. The second-order valence-electron chi connectivity index (χ2n) is 7.32. The van der Waals surface area contributed by atoms with Crippen LogP contribution in [0, 0.1) is 17.1 Å². The quantitative estimate of drug-likeness (QED) is 0.630. The van der Waals surface area contributed by atoms with Crippen molar-refractivity contribution in [2.24, 2.45) is 0 Å². The predicted molar refractivity (Wildman–Crippen MR) is 117 cm³/mol. The topological polar surface area (TPSA) is 56.6 Å². The summed E-state index contributed by atoms with van der Waals surface area (Å²) >= 11 is 0. The van der Waals surface area contributed by atoms with Gasteiger partial charge in [-0.05, 0) is 47.5 Å². The molecule has 1 saturated heterocycles. The van der Waals surface area contributed by atoms with Crippen LogP contribution in [0.4, 0.5) is 10.1 Å². The average Bonchev–Trinajstić information content (AvgIpc) is 2.83. The molecule has 3 aromatic rings. The zero-order valence-electron chi connectivity index (χ0n) is 17.0. The van der Waals surface area contributed by atoms with E-state index in [2.05, 4.69) is 6.07 Å². The van der Waals surface area contributed by atoms with E-state index in [1.165, 1.54) is 6.07 Å². The Morgan fingerprint density at radius 1 is 0.903 bits per heavy atom. The molecule has 0 saturated carbocycles. The highest BCUT2D eigenvalue weighted by molar-refractivity contribution is 5.78. The van der Waals surface area contributed by atoms with Crippen molar-refractivity contribution in [3.05, 3.63) is 84.2 Å². The minimum atomic E-state index is -0.241. The molecule has 0 radical (unpaired) electrons. The van der Waals surface area contributed by atoms with E-state index in [1.807, 2.05) is 47.4 Å². The molecule has 1 fully saturated rings. The smallest absolute Gasteiger partial charge is 0.260 e. The minimum Gasteiger partial charge on any atom is -0.484 e. The van der Waals surface area contributed by atoms with Crippen molar-refractivity contribution in [2.45, 2.75) is 0 Å². The number of rotatable bonds is 5. The Kier molecular flexibility index (Phi) is 6.13. The molecule has 31 heavy (non-hydrogen) atoms. The molecule has 0 N–H and O–H groups in total. The number of amides is 1. The summed E-state index contributed by atoms with van der Waals surface area (Å²) in [5.74, 6) is 0.301. The van der Waals surface area contributed by atoms with Gasteiger partial charge in [-0.15, -0.1) is 0 Å². The summed E-state index contributed by atoms with van der Waals surface area (Å²) in [5, 5.41) is 8.89. The third-order valence-corrected chi connectivity index (χ3v) is 5.39. The second-order valence-corrected chi connectivity index (χ2v) is 7.32. The summed E-state index contributed by atoms with van der Waals surface area (Å²) in [5.41, 5.74) is 3.21. The Balaban J connectivity index is 1.28. The summed E-state index contributed by atoms with van der Waals surface area (Å²) in [4.78, 5) is 16.2. The molecule has 4 rings (SSSR count). The van der Waals surface area contributed by atoms with Gasteiger partial charge >= 0.3 is 0 Å². The lowest BCUT2D eigenvalue weighted by molar-refractivity contribution is -0.133. The molecule has 1 heterocycles. The first-order valence-electron chi connectivity index (χ1n) is 10.1. The van der Waals surface area contributed by atoms with Crippen LogP contribution in [0.25, 0.3) is 11.1 Å². The number of carbonyl (C=O) groups excluding carboxylic acids is 1. The van der Waals surface area contributed by atoms with Gasteiger partial charge in [0, 0.05) is 26.2 Å². The van der Waals surface area contributed by atoms with Crippen LogP contribution >= 0.6 is 0 Å². The summed E-state index contributed by atoms with van der Waals surface area (Å²) in [7, 11) is 0. The molecule has 3 aromatic carbocycles. The van der Waals surface area contributed by atoms with E-state index >= 15 is 0 Å². The van der Waals surface area contributed by atoms with Gasteiger partial charge in [-0.2, -0.15) is 5.26 Å². The van der Waals surface area contributed by atoms with Gasteiger partial charge in [0.2, 0.25) is 0 Å². The number of carbonyl (C=O) groups is 1. The maximum Gasteiger partial charge on any atom is 0.260 e. The first-order chi connectivity index (χ1) is 15.1. The van der Waals surface area contributed by atoms with E-state index in [4.69, 9.17) is 10.00 Å². The molecule has 0 atom stereocenters. The van der Waals surface area contributed by atoms with E-state index in [0.29, 0.717) is 43.2 Å². The number of halogens is 1. The number of benzene rings is 3. The third-order valence-electron chi connectivity index (χ3n) is 5.39. The fraction of sp³-hybridized carbons (Fsp3) is 0.200. The van der Waals surface area contributed by atoms with Crippen molar-refractivity contribution >= 4 is 11.6 Å². The highest BCUT2D eigenvalue weighted by Crippen LogP contribution is 2.23. The molecule has 6 heteroatoms. The number of hydrogen-bond donors (Lipinski definition) is 0. The SMILES string of the molecule is N#Cc1ccc(-c2ccc(OCC(=O)N3CCN(c4ccccc4F)CC3)cc2)cc1. The van der Waals surface area contributed by atoms with Crippen LogP contribution < -0.4 is 9.64 Å². The largest absolute Gasteiger partial charge is 0.484 e. The van der Waals surface area contributed by atoms with Crippen molar-refractivity contribution in [3.63, 3.8) is 0 Å². The lowest BCUT2D eigenvalue weighted by atomic mass is 10.0. The van der Waals surface area contributed by atoms with Crippen molar-refractivity contribution in [3.8, 4) is 22.9 Å². The van der Waals surface area contributed by atoms with Gasteiger partial charge in [0.1, 0.15) is 11.6 Å². The Morgan fingerprint density at radius 3 is 2.13 bits per heavy atom. The van der Waals surface area contributed by atoms with Crippen LogP contribution in [0.1, 0.15) is 5.56 Å². The molecule has 156 valence electrons. The highest BCUT2D eigenvalue weighted by Gasteiger charge is 2.22. The number of para-hydroxylation sites is 1. The Hall–Kier alpha value is -3.85. The second kappa shape index (κ2) is 9.31. The van der Waals surface area contributed by atoms with Gasteiger partial charge < -0.3 is 14.5 Å². The number of nitrogens with zero attached hydrogens (tertiary/aromatic N) is 3. The summed E-state index contributed by atoms with van der Waals surface area (Å²) in [6, 6.07) is 23.7. The number of nitriles is 1. The van der Waals surface area contributed by atoms with Crippen molar-refractivity contribution in [1.29, 1.82) is 5.26 Å². The summed E-state index contributed by atoms with van der Waals surface area (Å²) in [6.45, 7) is 2.22. The minimum absolute atomic E-state index is 0.0318. The highest BCUT2D eigenvalue weighted by atomic mass is 19.1. The van der Waals surface area contributed by atoms with Crippen molar-refractivity contribution in [1.82, 2.24) is 4.90 Å². The Labute approximate surface area is 180 Å². The lowest BCUT2D eigenvalue weighted by Crippen LogP contribution is -2.50. The van der Waals surface area contributed by atoms with Crippen LogP contribution in [0.3, 0.4) is 0 Å². The monoisotopic (exact) mass is 415 g/mol. The molecule has 5 nitrogen and oxygen atoms in total. The number of piperazine rings is 1. The van der Waals surface area contributed by atoms with Gasteiger partial charge in [-0.3, -0.25) is 4.79 Å². The van der Waals surface area contributed by atoms with Crippen LogP contribution in [-0.2, 0) is 4.79 Å². The van der Waals surface area contributed by atoms with E-state index in [-0.39, 0.29) is 18.3 Å². The average molecular weight is 415 g/mol. The van der Waals surface area contributed by atoms with E-state index < -0.39 is 0 Å². The molecular weight excluding hydrogens is 393 g/mol. The molecule has 1 aliphatic rings. The molecule has 0 aromatic heterocycles. The fourth-order valence-electron chi connectivity index (χ4n) is 3.62. The molecule has 0 spiro atoms. The zero-order chi connectivity index (χ0) is 21.6. The fourth-order valence-corrected chi connectivity index (χ4v) is 3.62. The van der Waals surface area contributed by atoms with E-state index in [9.17, 15) is 9.18 Å². The van der Waals surface area contributed by atoms with Crippen molar-refractivity contribution in [2.75, 3.05) is 37.7 Å². The predicted octanol–water partition coefficient (Wildman–Crippen LogP) is 4.09. The number of anilines is 1. The van der Waals surface area contributed by atoms with Crippen LogP contribution in [0.5, 0.6) is 5.75 Å². The van der Waals surface area contributed by atoms with Crippen LogP contribution in [-0.4, -0.2) is 43.6 Å². The van der Waals surface area contributed by atoms with Crippen LogP contribution in [0.15, 0.2) is 72.8 Å². The normalized spacial score (nSPS) is 13.5. The standard InChI is InChI=1S/C25H22FN3O2/c26-23-3-1-2-4-24(23)28-13-15-29(16-14-28)25(30)18-31-22-11-9-21(10-12-22)20-7-5-19(17-27)6-8-20/h1-12H,13-16,18H2. The Bertz CT molecular complexity index is 1080. The molecule has 0 bridgehead atoms. The summed E-state index contributed by atoms with van der Waals surface area (Å²) in [6.07, 6.45) is 0. The van der Waals surface area contributed by atoms with Gasteiger partial charge in [0.25, 0.3) is 5.91 Å². The third kappa shape index (κ3) is 4.84.